The summed E-state index contributed by atoms with van der Waals surface area (Å²) in [4.78, 5) is 0. The van der Waals surface area contributed by atoms with Crippen molar-refractivity contribution in [3.05, 3.63) is 37.5 Å². The number of hydrogen-bond donors (Lipinski definition) is 0. The maximum atomic E-state index is 3.71. The van der Waals surface area contributed by atoms with Gasteiger partial charge in [0.05, 0.1) is 0 Å². The van der Waals surface area contributed by atoms with Gasteiger partial charge in [0, 0.05) is 0 Å². The van der Waals surface area contributed by atoms with Gasteiger partial charge < -0.3 is 0 Å². The predicted octanol–water partition coefficient (Wildman–Crippen LogP) is 4.65. The fourth-order valence-electron chi connectivity index (χ4n) is 1.18. The van der Waals surface area contributed by atoms with Crippen LogP contribution >= 0.6 is 0 Å². The summed E-state index contributed by atoms with van der Waals surface area (Å²) in [6.07, 6.45) is 17.1. The molecule has 0 nitrogen and oxygen atoms in total. The lowest BCUT2D eigenvalue weighted by Crippen LogP contribution is -1.74. The summed E-state index contributed by atoms with van der Waals surface area (Å²) in [7, 11) is 0. The van der Waals surface area contributed by atoms with Gasteiger partial charge in [0.15, 0.2) is 0 Å². The summed E-state index contributed by atoms with van der Waals surface area (Å²) < 4.78 is 0. The van der Waals surface area contributed by atoms with E-state index in [1.807, 2.05) is 12.2 Å². The summed E-state index contributed by atoms with van der Waals surface area (Å²) in [6.45, 7) is 7.39. The highest BCUT2D eigenvalue weighted by Gasteiger charge is 1.84. The Bertz CT molecular complexity index is 142. The minimum absolute atomic E-state index is 1.10. The standard InChI is InChI=1S/C13H22/c1-3-5-7-9-11-13-12-10-8-6-4-2/h3-4,9,11H,1-2,5-8,10,12-13H2. The van der Waals surface area contributed by atoms with Gasteiger partial charge in [-0.2, -0.15) is 0 Å². The Morgan fingerprint density at radius 3 is 1.92 bits per heavy atom. The zero-order valence-electron chi connectivity index (χ0n) is 8.67. The first kappa shape index (κ1) is 12.2. The van der Waals surface area contributed by atoms with Gasteiger partial charge in [0.2, 0.25) is 0 Å². The smallest absolute Gasteiger partial charge is 0.0316 e. The van der Waals surface area contributed by atoms with Crippen molar-refractivity contribution in [2.75, 3.05) is 0 Å². The van der Waals surface area contributed by atoms with Crippen molar-refractivity contribution in [1.29, 1.82) is 0 Å². The molecule has 0 aliphatic rings. The molecule has 0 heteroatoms. The molecule has 0 aromatic carbocycles. The highest BCUT2D eigenvalue weighted by Crippen LogP contribution is 2.04. The molecule has 0 aromatic rings. The second kappa shape index (κ2) is 11.2. The van der Waals surface area contributed by atoms with E-state index >= 15 is 0 Å². The SMILES string of the molecule is C=CCCC=CCCCCCC=C. The molecule has 0 rings (SSSR count). The highest BCUT2D eigenvalue weighted by molar-refractivity contribution is 4.84. The van der Waals surface area contributed by atoms with Crippen LogP contribution < -0.4 is 0 Å². The third-order valence-electron chi connectivity index (χ3n) is 1.98. The molecular formula is C13H22. The van der Waals surface area contributed by atoms with E-state index < -0.39 is 0 Å². The van der Waals surface area contributed by atoms with Gasteiger partial charge in [-0.3, -0.25) is 0 Å². The predicted molar refractivity (Wildman–Crippen MR) is 61.9 cm³/mol. The Hall–Kier alpha value is -0.780. The fourth-order valence-corrected chi connectivity index (χ4v) is 1.18. The summed E-state index contributed by atoms with van der Waals surface area (Å²) >= 11 is 0. The monoisotopic (exact) mass is 178 g/mol. The first-order valence-corrected chi connectivity index (χ1v) is 5.28. The molecule has 0 aliphatic heterocycles. The van der Waals surface area contributed by atoms with Gasteiger partial charge in [-0.1, -0.05) is 30.7 Å². The maximum absolute atomic E-state index is 3.71. The van der Waals surface area contributed by atoms with E-state index in [0.29, 0.717) is 0 Å². The molecule has 0 radical (unpaired) electrons. The lowest BCUT2D eigenvalue weighted by atomic mass is 10.1. The van der Waals surface area contributed by atoms with E-state index in [-0.39, 0.29) is 0 Å². The molecule has 0 aromatic heterocycles. The molecule has 0 saturated carbocycles. The molecule has 0 atom stereocenters. The van der Waals surface area contributed by atoms with Crippen LogP contribution in [-0.2, 0) is 0 Å². The molecule has 0 aliphatic carbocycles. The van der Waals surface area contributed by atoms with Crippen LogP contribution in [0.15, 0.2) is 37.5 Å². The van der Waals surface area contributed by atoms with Crippen LogP contribution in [0.4, 0.5) is 0 Å². The minimum Gasteiger partial charge on any atom is -0.103 e. The molecule has 0 fully saturated rings. The molecule has 0 unspecified atom stereocenters. The highest BCUT2D eigenvalue weighted by atomic mass is 13.9. The van der Waals surface area contributed by atoms with Crippen molar-refractivity contribution in [2.24, 2.45) is 0 Å². The van der Waals surface area contributed by atoms with Gasteiger partial charge in [0.25, 0.3) is 0 Å². The molecule has 0 heterocycles. The molecular weight excluding hydrogens is 156 g/mol. The van der Waals surface area contributed by atoms with E-state index in [1.165, 1.54) is 32.1 Å². The largest absolute Gasteiger partial charge is 0.103 e. The van der Waals surface area contributed by atoms with Gasteiger partial charge >= 0.3 is 0 Å². The average molecular weight is 178 g/mol. The van der Waals surface area contributed by atoms with Crippen molar-refractivity contribution in [2.45, 2.75) is 44.9 Å². The topological polar surface area (TPSA) is 0 Å². The van der Waals surface area contributed by atoms with E-state index in [0.717, 1.165) is 12.8 Å². The Labute approximate surface area is 83.0 Å². The molecule has 0 N–H and O–H groups in total. The second-order valence-corrected chi connectivity index (χ2v) is 3.26. The molecule has 0 amide bonds. The van der Waals surface area contributed by atoms with E-state index in [2.05, 4.69) is 25.3 Å². The number of unbranched alkanes of at least 4 members (excludes halogenated alkanes) is 5. The van der Waals surface area contributed by atoms with Gasteiger partial charge in [0.1, 0.15) is 0 Å². The lowest BCUT2D eigenvalue weighted by Gasteiger charge is -1.94. The van der Waals surface area contributed by atoms with Crippen LogP contribution in [0.2, 0.25) is 0 Å². The molecule has 0 spiro atoms. The Balaban J connectivity index is 3.01. The summed E-state index contributed by atoms with van der Waals surface area (Å²) in [5, 5.41) is 0. The van der Waals surface area contributed by atoms with Crippen LogP contribution in [0.5, 0.6) is 0 Å². The number of allylic oxidation sites excluding steroid dienone is 4. The summed E-state index contributed by atoms with van der Waals surface area (Å²) in [6, 6.07) is 0. The summed E-state index contributed by atoms with van der Waals surface area (Å²) in [5.41, 5.74) is 0. The van der Waals surface area contributed by atoms with E-state index in [4.69, 9.17) is 0 Å². The second-order valence-electron chi connectivity index (χ2n) is 3.26. The quantitative estimate of drug-likeness (QED) is 0.356. The van der Waals surface area contributed by atoms with E-state index in [1.54, 1.807) is 0 Å². The Kier molecular flexibility index (Phi) is 10.5. The number of rotatable bonds is 9. The van der Waals surface area contributed by atoms with Crippen LogP contribution in [0.3, 0.4) is 0 Å². The van der Waals surface area contributed by atoms with Gasteiger partial charge in [-0.05, 0) is 38.5 Å². The maximum Gasteiger partial charge on any atom is -0.0316 e. The van der Waals surface area contributed by atoms with E-state index in [9.17, 15) is 0 Å². The fraction of sp³-hybridized carbons (Fsp3) is 0.538. The zero-order valence-corrected chi connectivity index (χ0v) is 8.67. The first-order chi connectivity index (χ1) is 6.41. The van der Waals surface area contributed by atoms with Crippen molar-refractivity contribution in [3.8, 4) is 0 Å². The molecule has 74 valence electrons. The zero-order chi connectivity index (χ0) is 9.78. The molecule has 13 heavy (non-hydrogen) atoms. The third-order valence-corrected chi connectivity index (χ3v) is 1.98. The van der Waals surface area contributed by atoms with Gasteiger partial charge in [-0.25, -0.2) is 0 Å². The third kappa shape index (κ3) is 11.2. The van der Waals surface area contributed by atoms with Crippen LogP contribution in [-0.4, -0.2) is 0 Å². The van der Waals surface area contributed by atoms with Crippen LogP contribution in [0.1, 0.15) is 44.9 Å². The summed E-state index contributed by atoms with van der Waals surface area (Å²) in [5.74, 6) is 0. The minimum atomic E-state index is 1.10. The van der Waals surface area contributed by atoms with Crippen LogP contribution in [0, 0.1) is 0 Å². The Morgan fingerprint density at radius 1 is 0.615 bits per heavy atom. The van der Waals surface area contributed by atoms with Crippen molar-refractivity contribution in [1.82, 2.24) is 0 Å². The van der Waals surface area contributed by atoms with Gasteiger partial charge in [-0.15, -0.1) is 13.2 Å². The first-order valence-electron chi connectivity index (χ1n) is 5.28. The molecule has 0 bridgehead atoms. The average Bonchev–Trinajstić information content (AvgIpc) is 2.16. The Morgan fingerprint density at radius 2 is 1.23 bits per heavy atom. The number of hydrogen-bond acceptors (Lipinski definition) is 0. The van der Waals surface area contributed by atoms with Crippen molar-refractivity contribution < 1.29 is 0 Å². The lowest BCUT2D eigenvalue weighted by molar-refractivity contribution is 0.695. The van der Waals surface area contributed by atoms with Crippen LogP contribution in [0.25, 0.3) is 0 Å². The molecule has 0 saturated heterocycles. The normalized spacial score (nSPS) is 10.5. The van der Waals surface area contributed by atoms with Crippen molar-refractivity contribution >= 4 is 0 Å². The van der Waals surface area contributed by atoms with Crippen molar-refractivity contribution in [3.63, 3.8) is 0 Å².